The van der Waals surface area contributed by atoms with Gasteiger partial charge in [0.05, 0.1) is 11.6 Å². The second kappa shape index (κ2) is 10.00. The minimum Gasteiger partial charge on any atom is -0.478 e. The van der Waals surface area contributed by atoms with Crippen LogP contribution in [0.25, 0.3) is 0 Å². The lowest BCUT2D eigenvalue weighted by Crippen LogP contribution is -2.23. The fraction of sp³-hybridized carbons (Fsp3) is 0.143. The predicted molar refractivity (Wildman–Crippen MR) is 120 cm³/mol. The first-order chi connectivity index (χ1) is 14.8. The molecule has 3 rings (SSSR count). The van der Waals surface area contributed by atoms with E-state index in [0.717, 1.165) is 5.56 Å². The number of amides is 1. The van der Waals surface area contributed by atoms with Crippen molar-refractivity contribution in [3.63, 3.8) is 0 Å². The maximum Gasteiger partial charge on any atom is 0.263 e. The molecule has 1 aromatic heterocycles. The summed E-state index contributed by atoms with van der Waals surface area (Å²) in [6.45, 7) is 2.56. The summed E-state index contributed by atoms with van der Waals surface area (Å²) in [5.74, 6) is 0.147. The summed E-state index contributed by atoms with van der Waals surface area (Å²) in [6, 6.07) is 13.8. The number of nitrogens with zero attached hydrogens (tertiary/aromatic N) is 1. The van der Waals surface area contributed by atoms with E-state index in [1.54, 1.807) is 12.3 Å². The van der Waals surface area contributed by atoms with Crippen LogP contribution in [0.5, 0.6) is 5.88 Å². The van der Waals surface area contributed by atoms with Crippen LogP contribution in [0, 0.1) is 0 Å². The van der Waals surface area contributed by atoms with Crippen molar-refractivity contribution in [1.29, 1.82) is 0 Å². The van der Waals surface area contributed by atoms with Crippen LogP contribution in [0.3, 0.4) is 0 Å². The number of carbonyl (C=O) groups is 1. The molecular weight excluding hydrogens is 461 g/mol. The van der Waals surface area contributed by atoms with E-state index in [-0.39, 0.29) is 33.1 Å². The second-order valence-corrected chi connectivity index (χ2v) is 8.84. The summed E-state index contributed by atoms with van der Waals surface area (Å²) in [7, 11) is -3.94. The highest BCUT2D eigenvalue weighted by Gasteiger charge is 2.19. The second-order valence-electron chi connectivity index (χ2n) is 6.34. The van der Waals surface area contributed by atoms with Gasteiger partial charge in [0.1, 0.15) is 4.90 Å². The van der Waals surface area contributed by atoms with Crippen molar-refractivity contribution >= 4 is 44.8 Å². The fourth-order valence-electron chi connectivity index (χ4n) is 2.69. The number of hydrogen-bond donors (Lipinski definition) is 2. The Labute approximate surface area is 190 Å². The first-order valence-electron chi connectivity index (χ1n) is 9.23. The molecule has 3 aromatic rings. The summed E-state index contributed by atoms with van der Waals surface area (Å²) < 4.78 is 33.0. The Morgan fingerprint density at radius 3 is 2.55 bits per heavy atom. The number of carbonyl (C=O) groups excluding carboxylic acids is 1. The molecule has 2 N–H and O–H groups in total. The van der Waals surface area contributed by atoms with Crippen molar-refractivity contribution in [2.75, 3.05) is 11.3 Å². The normalized spacial score (nSPS) is 11.1. The number of pyridine rings is 1. The summed E-state index contributed by atoms with van der Waals surface area (Å²) >= 11 is 11.9. The molecule has 0 aliphatic carbocycles. The van der Waals surface area contributed by atoms with E-state index in [1.165, 1.54) is 42.5 Å². The fourth-order valence-corrected chi connectivity index (χ4v) is 4.51. The van der Waals surface area contributed by atoms with Gasteiger partial charge in [-0.15, -0.1) is 0 Å². The Morgan fingerprint density at radius 1 is 1.10 bits per heavy atom. The third kappa shape index (κ3) is 5.88. The van der Waals surface area contributed by atoms with Crippen LogP contribution in [-0.4, -0.2) is 25.9 Å². The first-order valence-corrected chi connectivity index (χ1v) is 11.5. The smallest absolute Gasteiger partial charge is 0.263 e. The van der Waals surface area contributed by atoms with E-state index in [0.29, 0.717) is 18.1 Å². The average molecular weight is 480 g/mol. The zero-order valence-electron chi connectivity index (χ0n) is 16.4. The van der Waals surface area contributed by atoms with E-state index in [1.807, 2.05) is 13.0 Å². The Morgan fingerprint density at radius 2 is 1.84 bits per heavy atom. The molecular formula is C21H19Cl2N3O4S. The minimum atomic E-state index is -3.94. The number of rotatable bonds is 8. The molecule has 1 amide bonds. The van der Waals surface area contributed by atoms with E-state index in [2.05, 4.69) is 15.0 Å². The molecule has 0 atom stereocenters. The van der Waals surface area contributed by atoms with Crippen molar-refractivity contribution in [3.8, 4) is 5.88 Å². The molecule has 0 fully saturated rings. The van der Waals surface area contributed by atoms with Crippen molar-refractivity contribution < 1.29 is 17.9 Å². The molecule has 162 valence electrons. The number of sulfonamides is 1. The number of nitrogens with one attached hydrogen (secondary N) is 2. The lowest BCUT2D eigenvalue weighted by atomic mass is 10.2. The molecule has 0 unspecified atom stereocenters. The van der Waals surface area contributed by atoms with Gasteiger partial charge in [0.15, 0.2) is 0 Å². The molecule has 0 aliphatic heterocycles. The topological polar surface area (TPSA) is 97.4 Å². The van der Waals surface area contributed by atoms with Crippen molar-refractivity contribution in [2.24, 2.45) is 0 Å². The Hall–Kier alpha value is -2.81. The molecule has 0 saturated carbocycles. The largest absolute Gasteiger partial charge is 0.478 e. The zero-order chi connectivity index (χ0) is 22.4. The number of benzene rings is 2. The monoisotopic (exact) mass is 479 g/mol. The number of hydrogen-bond acceptors (Lipinski definition) is 5. The molecule has 0 radical (unpaired) electrons. The van der Waals surface area contributed by atoms with E-state index >= 15 is 0 Å². The van der Waals surface area contributed by atoms with Crippen LogP contribution in [0.2, 0.25) is 10.0 Å². The highest BCUT2D eigenvalue weighted by Crippen LogP contribution is 2.27. The van der Waals surface area contributed by atoms with Gasteiger partial charge in [-0.05, 0) is 55.5 Å². The summed E-state index contributed by atoms with van der Waals surface area (Å²) in [5.41, 5.74) is 1.39. The van der Waals surface area contributed by atoms with E-state index < -0.39 is 10.0 Å². The van der Waals surface area contributed by atoms with Gasteiger partial charge in [-0.1, -0.05) is 29.3 Å². The van der Waals surface area contributed by atoms with Gasteiger partial charge in [-0.3, -0.25) is 9.52 Å². The number of ether oxygens (including phenoxy) is 1. The Bertz CT molecular complexity index is 1190. The maximum atomic E-state index is 12.6. The Balaban J connectivity index is 1.67. The highest BCUT2D eigenvalue weighted by atomic mass is 35.5. The van der Waals surface area contributed by atoms with Gasteiger partial charge in [0.25, 0.3) is 15.9 Å². The van der Waals surface area contributed by atoms with E-state index in [9.17, 15) is 13.2 Å². The summed E-state index contributed by atoms with van der Waals surface area (Å²) in [5, 5.41) is 3.09. The molecule has 0 spiro atoms. The third-order valence-electron chi connectivity index (χ3n) is 4.15. The van der Waals surface area contributed by atoms with Crippen molar-refractivity contribution in [3.05, 3.63) is 82.0 Å². The van der Waals surface area contributed by atoms with Crippen LogP contribution in [0.4, 0.5) is 5.69 Å². The minimum absolute atomic E-state index is 0.0507. The number of halogens is 2. The van der Waals surface area contributed by atoms with Gasteiger partial charge in [-0.2, -0.15) is 0 Å². The lowest BCUT2D eigenvalue weighted by molar-refractivity contribution is 0.0950. The van der Waals surface area contributed by atoms with E-state index in [4.69, 9.17) is 27.9 Å². The van der Waals surface area contributed by atoms with Crippen molar-refractivity contribution in [2.45, 2.75) is 18.4 Å². The van der Waals surface area contributed by atoms with Crippen LogP contribution in [0.15, 0.2) is 65.7 Å². The molecule has 1 heterocycles. The molecule has 0 bridgehead atoms. The molecule has 7 nitrogen and oxygen atoms in total. The van der Waals surface area contributed by atoms with Gasteiger partial charge < -0.3 is 10.1 Å². The lowest BCUT2D eigenvalue weighted by Gasteiger charge is -2.11. The van der Waals surface area contributed by atoms with Crippen molar-refractivity contribution in [1.82, 2.24) is 10.3 Å². The van der Waals surface area contributed by atoms with Gasteiger partial charge in [0.2, 0.25) is 5.88 Å². The van der Waals surface area contributed by atoms with Gasteiger partial charge >= 0.3 is 0 Å². The quantitative estimate of drug-likeness (QED) is 0.494. The zero-order valence-corrected chi connectivity index (χ0v) is 18.8. The van der Waals surface area contributed by atoms with Crippen LogP contribution < -0.4 is 14.8 Å². The standard InChI is InChI=1S/C21H19Cl2N3O4S/c1-2-30-21-15(4-3-11-24-21)13-25-20(27)14-5-8-17(9-6-14)26-31(28,29)19-12-16(22)7-10-18(19)23/h3-12,26H,2,13H2,1H3,(H,25,27). The van der Waals surface area contributed by atoms with Crippen LogP contribution in [-0.2, 0) is 16.6 Å². The van der Waals surface area contributed by atoms with Crippen LogP contribution >= 0.6 is 23.2 Å². The average Bonchev–Trinajstić information content (AvgIpc) is 2.75. The highest BCUT2D eigenvalue weighted by molar-refractivity contribution is 7.92. The molecule has 31 heavy (non-hydrogen) atoms. The third-order valence-corrected chi connectivity index (χ3v) is 6.25. The number of anilines is 1. The van der Waals surface area contributed by atoms with Gasteiger partial charge in [-0.25, -0.2) is 13.4 Å². The SMILES string of the molecule is CCOc1ncccc1CNC(=O)c1ccc(NS(=O)(=O)c2cc(Cl)ccc2Cl)cc1. The van der Waals surface area contributed by atoms with Crippen LogP contribution in [0.1, 0.15) is 22.8 Å². The van der Waals surface area contributed by atoms with Gasteiger partial charge in [0, 0.05) is 34.6 Å². The molecule has 0 aliphatic rings. The summed E-state index contributed by atoms with van der Waals surface area (Å²) in [4.78, 5) is 16.5. The Kier molecular flexibility index (Phi) is 7.37. The first kappa shape index (κ1) is 22.9. The summed E-state index contributed by atoms with van der Waals surface area (Å²) in [6.07, 6.45) is 1.62. The predicted octanol–water partition coefficient (Wildman–Crippen LogP) is 4.52. The molecule has 0 saturated heterocycles. The molecule has 2 aromatic carbocycles. The molecule has 10 heteroatoms. The number of aromatic nitrogens is 1. The maximum absolute atomic E-state index is 12.6.